The van der Waals surface area contributed by atoms with Gasteiger partial charge < -0.3 is 29.7 Å². The number of carbonyl (C=O) groups excluding carboxylic acids is 1. The number of hydrogen-bond donors (Lipinski definition) is 2. The molecule has 2 aromatic carbocycles. The SMILES string of the molecule is COc1cc(NC(=O)c2ccc(N3CCN(c4ccc(C(=O)O)cc4)CC3)nc2)cc(OC)c1. The van der Waals surface area contributed by atoms with Crippen molar-refractivity contribution in [3.63, 3.8) is 0 Å². The number of methoxy groups -OCH3 is 2. The Morgan fingerprint density at radius 2 is 1.44 bits per heavy atom. The Hall–Kier alpha value is -4.27. The van der Waals surface area contributed by atoms with Crippen LogP contribution in [0.1, 0.15) is 20.7 Å². The first-order valence-corrected chi connectivity index (χ1v) is 10.8. The Morgan fingerprint density at radius 3 is 1.97 bits per heavy atom. The van der Waals surface area contributed by atoms with Gasteiger partial charge in [0.1, 0.15) is 17.3 Å². The van der Waals surface area contributed by atoms with E-state index in [9.17, 15) is 9.59 Å². The molecule has 1 aliphatic rings. The molecular weight excluding hydrogens is 436 g/mol. The monoisotopic (exact) mass is 462 g/mol. The maximum atomic E-state index is 12.7. The van der Waals surface area contributed by atoms with E-state index in [0.29, 0.717) is 22.7 Å². The lowest BCUT2D eigenvalue weighted by molar-refractivity contribution is 0.0696. The number of aromatic nitrogens is 1. The molecular formula is C25H26N4O5. The molecule has 0 bridgehead atoms. The molecule has 0 saturated carbocycles. The van der Waals surface area contributed by atoms with E-state index in [4.69, 9.17) is 14.6 Å². The lowest BCUT2D eigenvalue weighted by atomic mass is 10.2. The van der Waals surface area contributed by atoms with E-state index < -0.39 is 5.97 Å². The van der Waals surface area contributed by atoms with Crippen LogP contribution in [0.4, 0.5) is 17.2 Å². The van der Waals surface area contributed by atoms with Gasteiger partial charge in [-0.2, -0.15) is 0 Å². The molecule has 34 heavy (non-hydrogen) atoms. The summed E-state index contributed by atoms with van der Waals surface area (Å²) in [6.07, 6.45) is 1.57. The maximum Gasteiger partial charge on any atom is 0.335 e. The van der Waals surface area contributed by atoms with Gasteiger partial charge >= 0.3 is 5.97 Å². The van der Waals surface area contributed by atoms with Gasteiger partial charge in [-0.25, -0.2) is 9.78 Å². The highest BCUT2D eigenvalue weighted by atomic mass is 16.5. The summed E-state index contributed by atoms with van der Waals surface area (Å²) >= 11 is 0. The molecule has 176 valence electrons. The first kappa shape index (κ1) is 22.9. The van der Waals surface area contributed by atoms with Crippen molar-refractivity contribution in [3.8, 4) is 11.5 Å². The van der Waals surface area contributed by atoms with Gasteiger partial charge in [0.25, 0.3) is 5.91 Å². The molecule has 2 N–H and O–H groups in total. The van der Waals surface area contributed by atoms with E-state index in [-0.39, 0.29) is 11.5 Å². The third-order valence-electron chi connectivity index (χ3n) is 5.70. The number of benzene rings is 2. The molecule has 0 radical (unpaired) electrons. The largest absolute Gasteiger partial charge is 0.497 e. The van der Waals surface area contributed by atoms with Crippen LogP contribution in [-0.2, 0) is 0 Å². The van der Waals surface area contributed by atoms with E-state index >= 15 is 0 Å². The van der Waals surface area contributed by atoms with Crippen molar-refractivity contribution in [2.24, 2.45) is 0 Å². The van der Waals surface area contributed by atoms with Crippen LogP contribution in [0.5, 0.6) is 11.5 Å². The Balaban J connectivity index is 1.36. The third-order valence-corrected chi connectivity index (χ3v) is 5.70. The highest BCUT2D eigenvalue weighted by Crippen LogP contribution is 2.26. The normalized spacial score (nSPS) is 13.4. The van der Waals surface area contributed by atoms with E-state index in [1.165, 1.54) is 0 Å². The summed E-state index contributed by atoms with van der Waals surface area (Å²) in [5.41, 5.74) is 2.29. The van der Waals surface area contributed by atoms with Gasteiger partial charge in [0.05, 0.1) is 25.3 Å². The van der Waals surface area contributed by atoms with E-state index in [0.717, 1.165) is 37.7 Å². The van der Waals surface area contributed by atoms with Crippen molar-refractivity contribution < 1.29 is 24.2 Å². The highest BCUT2D eigenvalue weighted by Gasteiger charge is 2.19. The number of carboxylic acids is 1. The lowest BCUT2D eigenvalue weighted by Gasteiger charge is -2.36. The minimum atomic E-state index is -0.928. The average molecular weight is 463 g/mol. The fourth-order valence-electron chi connectivity index (χ4n) is 3.80. The zero-order valence-electron chi connectivity index (χ0n) is 19.0. The van der Waals surface area contributed by atoms with Crippen LogP contribution < -0.4 is 24.6 Å². The number of carboxylic acid groups (broad SMARTS) is 1. The number of piperazine rings is 1. The third kappa shape index (κ3) is 5.20. The van der Waals surface area contributed by atoms with Gasteiger partial charge in [0.2, 0.25) is 0 Å². The Morgan fingerprint density at radius 1 is 0.853 bits per heavy atom. The summed E-state index contributed by atoms with van der Waals surface area (Å²) in [5, 5.41) is 11.9. The van der Waals surface area contributed by atoms with Crippen molar-refractivity contribution in [2.75, 3.05) is 55.5 Å². The van der Waals surface area contributed by atoms with Gasteiger partial charge in [-0.05, 0) is 36.4 Å². The molecule has 1 amide bonds. The van der Waals surface area contributed by atoms with Crippen molar-refractivity contribution >= 4 is 29.1 Å². The molecule has 1 aliphatic heterocycles. The number of rotatable bonds is 7. The van der Waals surface area contributed by atoms with E-state index in [1.54, 1.807) is 56.8 Å². The smallest absolute Gasteiger partial charge is 0.335 e. The summed E-state index contributed by atoms with van der Waals surface area (Å²) in [4.78, 5) is 32.6. The molecule has 1 fully saturated rings. The van der Waals surface area contributed by atoms with Crippen molar-refractivity contribution in [1.82, 2.24) is 4.98 Å². The fourth-order valence-corrected chi connectivity index (χ4v) is 3.80. The minimum absolute atomic E-state index is 0.274. The fraction of sp³-hybridized carbons (Fsp3) is 0.240. The number of ether oxygens (including phenoxy) is 2. The molecule has 9 heteroatoms. The first-order valence-electron chi connectivity index (χ1n) is 10.8. The Kier molecular flexibility index (Phi) is 6.82. The minimum Gasteiger partial charge on any atom is -0.497 e. The van der Waals surface area contributed by atoms with Gasteiger partial charge in [0.15, 0.2) is 0 Å². The van der Waals surface area contributed by atoms with Crippen LogP contribution in [0.3, 0.4) is 0 Å². The van der Waals surface area contributed by atoms with Gasteiger partial charge in [0, 0.05) is 61.9 Å². The van der Waals surface area contributed by atoms with Crippen LogP contribution >= 0.6 is 0 Å². The molecule has 4 rings (SSSR count). The molecule has 0 atom stereocenters. The second kappa shape index (κ2) is 10.1. The molecule has 2 heterocycles. The van der Waals surface area contributed by atoms with E-state index in [2.05, 4.69) is 20.1 Å². The Labute approximate surface area is 197 Å². The molecule has 0 aliphatic carbocycles. The molecule has 9 nitrogen and oxygen atoms in total. The molecule has 3 aromatic rings. The average Bonchev–Trinajstić information content (AvgIpc) is 2.88. The van der Waals surface area contributed by atoms with Crippen molar-refractivity contribution in [2.45, 2.75) is 0 Å². The number of aromatic carboxylic acids is 1. The second-order valence-corrected chi connectivity index (χ2v) is 7.79. The summed E-state index contributed by atoms with van der Waals surface area (Å²) in [6.45, 7) is 3.10. The zero-order valence-corrected chi connectivity index (χ0v) is 19.0. The van der Waals surface area contributed by atoms with Crippen LogP contribution in [-0.4, -0.2) is 62.4 Å². The van der Waals surface area contributed by atoms with Crippen LogP contribution in [0.25, 0.3) is 0 Å². The molecule has 1 aromatic heterocycles. The zero-order chi connectivity index (χ0) is 24.1. The van der Waals surface area contributed by atoms with Crippen molar-refractivity contribution in [3.05, 3.63) is 71.9 Å². The van der Waals surface area contributed by atoms with E-state index in [1.807, 2.05) is 18.2 Å². The number of nitrogens with zero attached hydrogens (tertiary/aromatic N) is 3. The van der Waals surface area contributed by atoms with Gasteiger partial charge in [-0.15, -0.1) is 0 Å². The predicted octanol–water partition coefficient (Wildman–Crippen LogP) is 3.38. The molecule has 1 saturated heterocycles. The number of pyridine rings is 1. The predicted molar refractivity (Wildman–Crippen MR) is 130 cm³/mol. The quantitative estimate of drug-likeness (QED) is 0.551. The number of nitrogens with one attached hydrogen (secondary N) is 1. The van der Waals surface area contributed by atoms with Gasteiger partial charge in [-0.3, -0.25) is 4.79 Å². The highest BCUT2D eigenvalue weighted by molar-refractivity contribution is 6.04. The summed E-state index contributed by atoms with van der Waals surface area (Å²) in [7, 11) is 3.11. The van der Waals surface area contributed by atoms with Crippen molar-refractivity contribution in [1.29, 1.82) is 0 Å². The summed E-state index contributed by atoms with van der Waals surface area (Å²) < 4.78 is 10.5. The number of carbonyl (C=O) groups is 2. The summed E-state index contributed by atoms with van der Waals surface area (Å²) in [6, 6.07) is 15.7. The standard InChI is InChI=1S/C25H26N4O5/c1-33-21-13-19(14-22(15-21)34-2)27-24(30)18-5-8-23(26-16-18)29-11-9-28(10-12-29)20-6-3-17(4-7-20)25(31)32/h3-8,13-16H,9-12H2,1-2H3,(H,27,30)(H,31,32). The topological polar surface area (TPSA) is 104 Å². The molecule has 0 unspecified atom stereocenters. The first-order chi connectivity index (χ1) is 16.5. The van der Waals surface area contributed by atoms with Crippen LogP contribution in [0.15, 0.2) is 60.8 Å². The van der Waals surface area contributed by atoms with Crippen LogP contribution in [0.2, 0.25) is 0 Å². The lowest BCUT2D eigenvalue weighted by Crippen LogP contribution is -2.46. The molecule has 0 spiro atoms. The second-order valence-electron chi connectivity index (χ2n) is 7.79. The van der Waals surface area contributed by atoms with Gasteiger partial charge in [-0.1, -0.05) is 0 Å². The maximum absolute atomic E-state index is 12.7. The number of hydrogen-bond acceptors (Lipinski definition) is 7. The van der Waals surface area contributed by atoms with Crippen LogP contribution in [0, 0.1) is 0 Å². The Bertz CT molecular complexity index is 1130. The number of amides is 1. The number of anilines is 3. The summed E-state index contributed by atoms with van der Waals surface area (Å²) in [5.74, 6) is 0.771.